The van der Waals surface area contributed by atoms with Gasteiger partial charge in [0.15, 0.2) is 0 Å². The van der Waals surface area contributed by atoms with Crippen LogP contribution < -0.4 is 4.74 Å². The molecule has 0 fully saturated rings. The number of carbonyl (C=O) groups is 1. The van der Waals surface area contributed by atoms with Gasteiger partial charge in [0, 0.05) is 19.0 Å². The second-order valence-electron chi connectivity index (χ2n) is 4.75. The number of nitrogens with zero attached hydrogens (tertiary/aromatic N) is 1. The van der Waals surface area contributed by atoms with Gasteiger partial charge in [-0.05, 0) is 38.0 Å². The maximum atomic E-state index is 12.1. The first-order valence-corrected chi connectivity index (χ1v) is 6.61. The first-order chi connectivity index (χ1) is 9.08. The van der Waals surface area contributed by atoms with E-state index in [4.69, 9.17) is 9.84 Å². The summed E-state index contributed by atoms with van der Waals surface area (Å²) >= 11 is 0. The topological polar surface area (TPSA) is 49.8 Å². The Bertz CT molecular complexity index is 387. The molecular formula is C15H23NO3. The minimum Gasteiger partial charge on any atom is -0.497 e. The van der Waals surface area contributed by atoms with Gasteiger partial charge in [-0.25, -0.2) is 0 Å². The Balaban J connectivity index is 2.52. The molecule has 1 aromatic rings. The number of hydrogen-bond donors (Lipinski definition) is 1. The number of amides is 1. The van der Waals surface area contributed by atoms with E-state index in [2.05, 4.69) is 0 Å². The molecule has 4 nitrogen and oxygen atoms in total. The standard InChI is InChI=1S/C15H23NO3/c1-12(2)16(10-11-17)15(18)9-6-13-4-7-14(19-3)8-5-13/h4-5,7-8,12,17H,6,9-11H2,1-3H3. The second-order valence-corrected chi connectivity index (χ2v) is 4.75. The zero-order chi connectivity index (χ0) is 14.3. The van der Waals surface area contributed by atoms with Gasteiger partial charge in [-0.15, -0.1) is 0 Å². The molecule has 0 atom stereocenters. The normalized spacial score (nSPS) is 10.6. The van der Waals surface area contributed by atoms with Crippen LogP contribution in [0.25, 0.3) is 0 Å². The van der Waals surface area contributed by atoms with Gasteiger partial charge >= 0.3 is 0 Å². The molecule has 0 aliphatic carbocycles. The first kappa shape index (κ1) is 15.5. The van der Waals surface area contributed by atoms with Crippen molar-refractivity contribution in [1.29, 1.82) is 0 Å². The minimum absolute atomic E-state index is 0.00640. The van der Waals surface area contributed by atoms with E-state index in [1.165, 1.54) is 0 Å². The summed E-state index contributed by atoms with van der Waals surface area (Å²) in [6.45, 7) is 4.33. The van der Waals surface area contributed by atoms with Crippen molar-refractivity contribution >= 4 is 5.91 Å². The molecule has 0 heterocycles. The lowest BCUT2D eigenvalue weighted by atomic mass is 10.1. The molecule has 0 saturated heterocycles. The van der Waals surface area contributed by atoms with Crippen LogP contribution in [0.5, 0.6) is 5.75 Å². The van der Waals surface area contributed by atoms with Crippen LogP contribution >= 0.6 is 0 Å². The summed E-state index contributed by atoms with van der Waals surface area (Å²) in [5.74, 6) is 0.902. The van der Waals surface area contributed by atoms with Crippen molar-refractivity contribution in [3.05, 3.63) is 29.8 Å². The smallest absolute Gasteiger partial charge is 0.223 e. The number of aliphatic hydroxyl groups excluding tert-OH is 1. The Morgan fingerprint density at radius 1 is 1.32 bits per heavy atom. The third-order valence-electron chi connectivity index (χ3n) is 3.07. The van der Waals surface area contributed by atoms with Crippen LogP contribution in [0.15, 0.2) is 24.3 Å². The maximum Gasteiger partial charge on any atom is 0.223 e. The zero-order valence-electron chi connectivity index (χ0n) is 11.9. The number of hydrogen-bond acceptors (Lipinski definition) is 3. The molecule has 0 aromatic heterocycles. The Kier molecular flexibility index (Phi) is 6.36. The van der Waals surface area contributed by atoms with Gasteiger partial charge in [0.1, 0.15) is 5.75 Å². The zero-order valence-corrected chi connectivity index (χ0v) is 11.9. The minimum atomic E-state index is 0.00640. The predicted molar refractivity (Wildman–Crippen MR) is 75.2 cm³/mol. The van der Waals surface area contributed by atoms with E-state index in [0.717, 1.165) is 11.3 Å². The lowest BCUT2D eigenvalue weighted by Crippen LogP contribution is -2.39. The summed E-state index contributed by atoms with van der Waals surface area (Å²) < 4.78 is 5.09. The number of ether oxygens (including phenoxy) is 1. The fourth-order valence-electron chi connectivity index (χ4n) is 1.97. The summed E-state index contributed by atoms with van der Waals surface area (Å²) in [4.78, 5) is 13.8. The van der Waals surface area contributed by atoms with Gasteiger partial charge in [-0.2, -0.15) is 0 Å². The van der Waals surface area contributed by atoms with Crippen LogP contribution in [0, 0.1) is 0 Å². The van der Waals surface area contributed by atoms with Gasteiger partial charge in [0.2, 0.25) is 5.91 Å². The molecule has 0 bridgehead atoms. The SMILES string of the molecule is COc1ccc(CCC(=O)N(CCO)C(C)C)cc1. The molecule has 106 valence electrons. The molecule has 0 aliphatic heterocycles. The van der Waals surface area contributed by atoms with Crippen molar-refractivity contribution in [2.45, 2.75) is 32.7 Å². The fraction of sp³-hybridized carbons (Fsp3) is 0.533. The lowest BCUT2D eigenvalue weighted by molar-refractivity contribution is -0.133. The Labute approximate surface area is 115 Å². The largest absolute Gasteiger partial charge is 0.497 e. The number of aryl methyl sites for hydroxylation is 1. The van der Waals surface area contributed by atoms with Gasteiger partial charge in [-0.1, -0.05) is 12.1 Å². The quantitative estimate of drug-likeness (QED) is 0.818. The molecule has 0 spiro atoms. The van der Waals surface area contributed by atoms with Crippen LogP contribution in [0.2, 0.25) is 0 Å². The molecule has 0 radical (unpaired) electrons. The van der Waals surface area contributed by atoms with E-state index in [-0.39, 0.29) is 18.6 Å². The van der Waals surface area contributed by atoms with E-state index in [0.29, 0.717) is 19.4 Å². The van der Waals surface area contributed by atoms with Crippen molar-refractivity contribution in [3.63, 3.8) is 0 Å². The van der Waals surface area contributed by atoms with E-state index in [9.17, 15) is 4.79 Å². The first-order valence-electron chi connectivity index (χ1n) is 6.61. The van der Waals surface area contributed by atoms with E-state index in [1.54, 1.807) is 12.0 Å². The molecule has 19 heavy (non-hydrogen) atoms. The highest BCUT2D eigenvalue weighted by Crippen LogP contribution is 2.13. The number of aliphatic hydroxyl groups is 1. The van der Waals surface area contributed by atoms with Crippen LogP contribution in [0.4, 0.5) is 0 Å². The van der Waals surface area contributed by atoms with Crippen molar-refractivity contribution in [3.8, 4) is 5.75 Å². The summed E-state index contributed by atoms with van der Waals surface area (Å²) in [6, 6.07) is 7.85. The summed E-state index contributed by atoms with van der Waals surface area (Å²) in [5.41, 5.74) is 1.11. The Morgan fingerprint density at radius 3 is 2.42 bits per heavy atom. The van der Waals surface area contributed by atoms with E-state index >= 15 is 0 Å². The van der Waals surface area contributed by atoms with Crippen molar-refractivity contribution in [2.75, 3.05) is 20.3 Å². The fourth-order valence-corrected chi connectivity index (χ4v) is 1.97. The monoisotopic (exact) mass is 265 g/mol. The highest BCUT2D eigenvalue weighted by Gasteiger charge is 2.15. The Hall–Kier alpha value is -1.55. The molecule has 1 amide bonds. The van der Waals surface area contributed by atoms with Gasteiger partial charge in [0.05, 0.1) is 13.7 Å². The van der Waals surface area contributed by atoms with Gasteiger partial charge in [0.25, 0.3) is 0 Å². The molecule has 0 aliphatic rings. The average molecular weight is 265 g/mol. The number of rotatable bonds is 7. The predicted octanol–water partition coefficient (Wildman–Crippen LogP) is 1.86. The highest BCUT2D eigenvalue weighted by atomic mass is 16.5. The third kappa shape index (κ3) is 4.91. The number of methoxy groups -OCH3 is 1. The molecule has 1 N–H and O–H groups in total. The third-order valence-corrected chi connectivity index (χ3v) is 3.07. The maximum absolute atomic E-state index is 12.1. The van der Waals surface area contributed by atoms with Crippen molar-refractivity contribution in [2.24, 2.45) is 0 Å². The van der Waals surface area contributed by atoms with Crippen LogP contribution in [0.3, 0.4) is 0 Å². The molecule has 1 aromatic carbocycles. The lowest BCUT2D eigenvalue weighted by Gasteiger charge is -2.26. The molecule has 0 unspecified atom stereocenters. The summed E-state index contributed by atoms with van der Waals surface area (Å²) in [7, 11) is 1.63. The summed E-state index contributed by atoms with van der Waals surface area (Å²) in [6.07, 6.45) is 1.17. The highest BCUT2D eigenvalue weighted by molar-refractivity contribution is 5.76. The number of benzene rings is 1. The van der Waals surface area contributed by atoms with Crippen LogP contribution in [0.1, 0.15) is 25.8 Å². The van der Waals surface area contributed by atoms with Crippen LogP contribution in [-0.2, 0) is 11.2 Å². The van der Waals surface area contributed by atoms with Crippen molar-refractivity contribution < 1.29 is 14.6 Å². The van der Waals surface area contributed by atoms with Gasteiger partial charge < -0.3 is 14.7 Å². The second kappa shape index (κ2) is 7.79. The molecular weight excluding hydrogens is 242 g/mol. The van der Waals surface area contributed by atoms with E-state index in [1.807, 2.05) is 38.1 Å². The van der Waals surface area contributed by atoms with Crippen LogP contribution in [-0.4, -0.2) is 42.2 Å². The summed E-state index contributed by atoms with van der Waals surface area (Å²) in [5, 5.41) is 8.97. The van der Waals surface area contributed by atoms with Crippen molar-refractivity contribution in [1.82, 2.24) is 4.90 Å². The van der Waals surface area contributed by atoms with E-state index < -0.39 is 0 Å². The molecule has 0 saturated carbocycles. The molecule has 4 heteroatoms. The van der Waals surface area contributed by atoms with Gasteiger partial charge in [-0.3, -0.25) is 4.79 Å². The average Bonchev–Trinajstić information content (AvgIpc) is 2.42. The molecule has 1 rings (SSSR count). The Morgan fingerprint density at radius 2 is 1.95 bits per heavy atom. The number of carbonyl (C=O) groups excluding carboxylic acids is 1.